The van der Waals surface area contributed by atoms with Crippen LogP contribution in [0.3, 0.4) is 0 Å². The molecule has 0 saturated heterocycles. The Morgan fingerprint density at radius 3 is 1.73 bits per heavy atom. The van der Waals surface area contributed by atoms with Crippen molar-refractivity contribution in [2.45, 2.75) is 20.8 Å². The van der Waals surface area contributed by atoms with Crippen LogP contribution in [0.4, 0.5) is 0 Å². The molecule has 1 aromatic carbocycles. The molecule has 0 atom stereocenters. The molecule has 0 aliphatic heterocycles. The van der Waals surface area contributed by atoms with Crippen molar-refractivity contribution in [1.82, 2.24) is 0 Å². The molecule has 0 bridgehead atoms. The van der Waals surface area contributed by atoms with Crippen LogP contribution in [-0.4, -0.2) is 19.8 Å². The lowest BCUT2D eigenvalue weighted by atomic mass is 10.3. The van der Waals surface area contributed by atoms with E-state index in [0.29, 0.717) is 37.1 Å². The van der Waals surface area contributed by atoms with E-state index in [2.05, 4.69) is 12.1 Å². The standard InChI is InChI=1S/C12H16O3/c1-4-13-10-7-11(14-5-2)9-12(8-10)15-6-3/h7H,4-6H2,1-3H3. The molecule has 0 aliphatic carbocycles. The van der Waals surface area contributed by atoms with E-state index in [4.69, 9.17) is 14.2 Å². The smallest absolute Gasteiger partial charge is 0.142 e. The first-order chi connectivity index (χ1) is 7.30. The van der Waals surface area contributed by atoms with Gasteiger partial charge in [-0.05, 0) is 20.8 Å². The molecule has 0 spiro atoms. The SMILES string of the molecule is CCOc1[c]c(OCC)cc(OCC)[c]1. The molecule has 3 heteroatoms. The van der Waals surface area contributed by atoms with Crippen LogP contribution in [0.1, 0.15) is 20.8 Å². The second-order valence-corrected chi connectivity index (χ2v) is 2.75. The first-order valence-electron chi connectivity index (χ1n) is 5.18. The molecule has 0 amide bonds. The molecule has 1 rings (SSSR count). The Labute approximate surface area is 91.0 Å². The van der Waals surface area contributed by atoms with E-state index in [1.165, 1.54) is 0 Å². The maximum absolute atomic E-state index is 5.34. The van der Waals surface area contributed by atoms with Crippen molar-refractivity contribution in [3.8, 4) is 17.2 Å². The van der Waals surface area contributed by atoms with Gasteiger partial charge in [-0.2, -0.15) is 0 Å². The Balaban J connectivity index is 2.86. The molecule has 1 aromatic rings. The highest BCUT2D eigenvalue weighted by atomic mass is 16.5. The third-order valence-corrected chi connectivity index (χ3v) is 1.62. The van der Waals surface area contributed by atoms with Gasteiger partial charge in [-0.15, -0.1) is 0 Å². The molecule has 3 nitrogen and oxygen atoms in total. The second kappa shape index (κ2) is 6.17. The second-order valence-electron chi connectivity index (χ2n) is 2.75. The van der Waals surface area contributed by atoms with Crippen LogP contribution < -0.4 is 14.2 Å². The normalized spacial score (nSPS) is 9.80. The predicted molar refractivity (Wildman–Crippen MR) is 57.6 cm³/mol. The first-order valence-corrected chi connectivity index (χ1v) is 5.18. The zero-order valence-electron chi connectivity index (χ0n) is 9.42. The number of ether oxygens (including phenoxy) is 3. The summed E-state index contributed by atoms with van der Waals surface area (Å²) < 4.78 is 16.0. The summed E-state index contributed by atoms with van der Waals surface area (Å²) in [5.41, 5.74) is 0. The Morgan fingerprint density at radius 1 is 0.867 bits per heavy atom. The van der Waals surface area contributed by atoms with Crippen molar-refractivity contribution in [1.29, 1.82) is 0 Å². The molecule has 0 aliphatic rings. The number of hydrogen-bond acceptors (Lipinski definition) is 3. The Hall–Kier alpha value is -1.38. The van der Waals surface area contributed by atoms with Crippen LogP contribution >= 0.6 is 0 Å². The van der Waals surface area contributed by atoms with Gasteiger partial charge in [-0.25, -0.2) is 0 Å². The van der Waals surface area contributed by atoms with Gasteiger partial charge in [-0.1, -0.05) is 0 Å². The van der Waals surface area contributed by atoms with Crippen molar-refractivity contribution in [2.24, 2.45) is 0 Å². The van der Waals surface area contributed by atoms with Gasteiger partial charge >= 0.3 is 0 Å². The summed E-state index contributed by atoms with van der Waals surface area (Å²) in [6.45, 7) is 7.52. The minimum atomic E-state index is 0.534. The van der Waals surface area contributed by atoms with Gasteiger partial charge in [0.1, 0.15) is 17.2 Å². The topological polar surface area (TPSA) is 27.7 Å². The lowest BCUT2D eigenvalue weighted by Gasteiger charge is -2.09. The molecule has 0 saturated carbocycles. The third-order valence-electron chi connectivity index (χ3n) is 1.62. The summed E-state index contributed by atoms with van der Waals surface area (Å²) >= 11 is 0. The molecule has 0 aromatic heterocycles. The van der Waals surface area contributed by atoms with E-state index in [9.17, 15) is 0 Å². The highest BCUT2D eigenvalue weighted by Crippen LogP contribution is 2.26. The quantitative estimate of drug-likeness (QED) is 0.718. The van der Waals surface area contributed by atoms with Gasteiger partial charge in [-0.3, -0.25) is 0 Å². The lowest BCUT2D eigenvalue weighted by Crippen LogP contribution is -1.98. The van der Waals surface area contributed by atoms with Crippen molar-refractivity contribution in [3.63, 3.8) is 0 Å². The van der Waals surface area contributed by atoms with Gasteiger partial charge in [0.25, 0.3) is 0 Å². The monoisotopic (exact) mass is 208 g/mol. The van der Waals surface area contributed by atoms with Crippen molar-refractivity contribution >= 4 is 0 Å². The summed E-state index contributed by atoms with van der Waals surface area (Å²) in [7, 11) is 0. The zero-order valence-corrected chi connectivity index (χ0v) is 9.42. The summed E-state index contributed by atoms with van der Waals surface area (Å²) in [4.78, 5) is 0. The molecule has 15 heavy (non-hydrogen) atoms. The van der Waals surface area contributed by atoms with Crippen molar-refractivity contribution in [3.05, 3.63) is 18.2 Å². The molecular formula is C12H16O3. The highest BCUT2D eigenvalue weighted by molar-refractivity contribution is 5.39. The van der Waals surface area contributed by atoms with E-state index in [1.807, 2.05) is 20.8 Å². The van der Waals surface area contributed by atoms with Crippen molar-refractivity contribution < 1.29 is 14.2 Å². The van der Waals surface area contributed by atoms with E-state index in [0.717, 1.165) is 0 Å². The average Bonchev–Trinajstić information content (AvgIpc) is 2.19. The van der Waals surface area contributed by atoms with Crippen LogP contribution in [0.5, 0.6) is 17.2 Å². The van der Waals surface area contributed by atoms with E-state index < -0.39 is 0 Å². The molecule has 0 unspecified atom stereocenters. The van der Waals surface area contributed by atoms with Crippen molar-refractivity contribution in [2.75, 3.05) is 19.8 Å². The lowest BCUT2D eigenvalue weighted by molar-refractivity contribution is 0.305. The fourth-order valence-electron chi connectivity index (χ4n) is 1.13. The maximum Gasteiger partial charge on any atom is 0.142 e. The number of rotatable bonds is 6. The fraction of sp³-hybridized carbons (Fsp3) is 0.500. The van der Waals surface area contributed by atoms with E-state index in [-0.39, 0.29) is 0 Å². The molecule has 0 fully saturated rings. The van der Waals surface area contributed by atoms with Crippen LogP contribution in [0, 0.1) is 12.1 Å². The molecule has 82 valence electrons. The van der Waals surface area contributed by atoms with Gasteiger partial charge in [0, 0.05) is 6.07 Å². The Bertz CT molecular complexity index is 237. The van der Waals surface area contributed by atoms with Crippen LogP contribution in [0.25, 0.3) is 0 Å². The summed E-state index contributed by atoms with van der Waals surface area (Å²) in [6, 6.07) is 7.69. The molecule has 0 N–H and O–H groups in total. The first kappa shape index (κ1) is 11.7. The van der Waals surface area contributed by atoms with Crippen LogP contribution in [-0.2, 0) is 0 Å². The fourth-order valence-corrected chi connectivity index (χ4v) is 1.13. The molecule has 0 heterocycles. The minimum absolute atomic E-state index is 0.534. The maximum atomic E-state index is 5.34. The van der Waals surface area contributed by atoms with Crippen LogP contribution in [0.2, 0.25) is 0 Å². The van der Waals surface area contributed by atoms with Gasteiger partial charge in [0.15, 0.2) is 0 Å². The van der Waals surface area contributed by atoms with E-state index in [1.54, 1.807) is 6.07 Å². The minimum Gasteiger partial charge on any atom is -0.493 e. The van der Waals surface area contributed by atoms with E-state index >= 15 is 0 Å². The Kier molecular flexibility index (Phi) is 4.81. The zero-order chi connectivity index (χ0) is 11.1. The molecule has 2 radical (unpaired) electrons. The number of hydrogen-bond donors (Lipinski definition) is 0. The van der Waals surface area contributed by atoms with Crippen LogP contribution in [0.15, 0.2) is 6.07 Å². The highest BCUT2D eigenvalue weighted by Gasteiger charge is 2.04. The predicted octanol–water partition coefficient (Wildman–Crippen LogP) is 2.48. The van der Waals surface area contributed by atoms with Gasteiger partial charge in [0.2, 0.25) is 0 Å². The van der Waals surface area contributed by atoms with Gasteiger partial charge in [0.05, 0.1) is 32.0 Å². The Morgan fingerprint density at radius 2 is 1.33 bits per heavy atom. The summed E-state index contributed by atoms with van der Waals surface area (Å²) in [6.07, 6.45) is 0. The summed E-state index contributed by atoms with van der Waals surface area (Å²) in [5, 5.41) is 0. The van der Waals surface area contributed by atoms with Gasteiger partial charge < -0.3 is 14.2 Å². The average molecular weight is 208 g/mol. The largest absolute Gasteiger partial charge is 0.493 e. The number of benzene rings is 1. The third kappa shape index (κ3) is 3.70. The summed E-state index contributed by atoms with van der Waals surface area (Å²) in [5.74, 6) is 1.79. The molecular weight excluding hydrogens is 192 g/mol.